The van der Waals surface area contributed by atoms with Crippen LogP contribution in [0.3, 0.4) is 0 Å². The zero-order chi connectivity index (χ0) is 26.0. The van der Waals surface area contributed by atoms with Crippen LogP contribution in [-0.2, 0) is 0 Å². The van der Waals surface area contributed by atoms with Gasteiger partial charge in [-0.2, -0.15) is 0 Å². The van der Waals surface area contributed by atoms with Crippen molar-refractivity contribution in [2.24, 2.45) is 0 Å². The number of hydrogen-bond donors (Lipinski definition) is 0. The number of rotatable bonds is 2. The molecule has 184 valence electrons. The summed E-state index contributed by atoms with van der Waals surface area (Å²) in [5, 5.41) is 7.71. The molecule has 0 saturated carbocycles. The summed E-state index contributed by atoms with van der Waals surface area (Å²) in [6.45, 7) is 0. The lowest BCUT2D eigenvalue weighted by atomic mass is 9.92. The third-order valence-electron chi connectivity index (χ3n) is 7.43. The number of nitrogens with zero attached hydrogens (tertiary/aromatic N) is 1. The molecule has 0 aliphatic carbocycles. The molecule has 0 saturated heterocycles. The summed E-state index contributed by atoms with van der Waals surface area (Å²) >= 11 is 0. The van der Waals surface area contributed by atoms with Gasteiger partial charge in [-0.1, -0.05) is 133 Å². The topological polar surface area (TPSA) is 4.93 Å². The lowest BCUT2D eigenvalue weighted by molar-refractivity contribution is 1.18. The van der Waals surface area contributed by atoms with Crippen LogP contribution < -0.4 is 0 Å². The van der Waals surface area contributed by atoms with Crippen molar-refractivity contribution >= 4 is 43.4 Å². The van der Waals surface area contributed by atoms with Gasteiger partial charge in [-0.15, -0.1) is 0 Å². The van der Waals surface area contributed by atoms with Crippen molar-refractivity contribution in [3.63, 3.8) is 0 Å². The molecule has 0 fully saturated rings. The summed E-state index contributed by atoms with van der Waals surface area (Å²) in [5.41, 5.74) is 6.20. The van der Waals surface area contributed by atoms with Crippen molar-refractivity contribution in [3.8, 4) is 16.8 Å². The fourth-order valence-electron chi connectivity index (χ4n) is 5.69. The molecule has 1 aromatic heterocycles. The number of fused-ring (bicyclic) bond motifs is 5. The summed E-state index contributed by atoms with van der Waals surface area (Å²) < 4.78 is 2.37. The first kappa shape index (κ1) is 23.0. The Labute approximate surface area is 228 Å². The van der Waals surface area contributed by atoms with Gasteiger partial charge in [0.05, 0.1) is 11.0 Å². The Balaban J connectivity index is 0.000000376. The van der Waals surface area contributed by atoms with Gasteiger partial charge >= 0.3 is 0 Å². The Bertz CT molecular complexity index is 1910. The molecule has 0 radical (unpaired) electrons. The molecule has 0 bridgehead atoms. The van der Waals surface area contributed by atoms with Crippen LogP contribution in [-0.4, -0.2) is 4.57 Å². The summed E-state index contributed by atoms with van der Waals surface area (Å²) in [6, 6.07) is 58.0. The van der Waals surface area contributed by atoms with Gasteiger partial charge in [0.2, 0.25) is 0 Å². The predicted molar refractivity (Wildman–Crippen MR) is 168 cm³/mol. The van der Waals surface area contributed by atoms with E-state index in [2.05, 4.69) is 132 Å². The highest BCUT2D eigenvalue weighted by atomic mass is 15.0. The van der Waals surface area contributed by atoms with Crippen LogP contribution in [0.5, 0.6) is 0 Å². The van der Waals surface area contributed by atoms with Crippen LogP contribution in [0.2, 0.25) is 0 Å². The van der Waals surface area contributed by atoms with Gasteiger partial charge in [-0.05, 0) is 63.0 Å². The maximum Gasteiger partial charge on any atom is 0.0541 e. The van der Waals surface area contributed by atoms with Crippen LogP contribution in [0.1, 0.15) is 0 Å². The molecular weight excluding hydrogens is 470 g/mol. The minimum atomic E-state index is 1.18. The molecule has 0 unspecified atom stereocenters. The van der Waals surface area contributed by atoms with E-state index in [1.807, 2.05) is 36.4 Å². The van der Waals surface area contributed by atoms with Crippen molar-refractivity contribution in [1.29, 1.82) is 0 Å². The highest BCUT2D eigenvalue weighted by Gasteiger charge is 2.13. The summed E-state index contributed by atoms with van der Waals surface area (Å²) in [5.74, 6) is 0. The molecule has 0 N–H and O–H groups in total. The molecular formula is C38H27N. The van der Waals surface area contributed by atoms with E-state index in [4.69, 9.17) is 0 Å². The molecule has 1 heterocycles. The molecule has 0 aliphatic heterocycles. The van der Waals surface area contributed by atoms with Crippen LogP contribution in [0.4, 0.5) is 0 Å². The van der Waals surface area contributed by atoms with Gasteiger partial charge in [-0.25, -0.2) is 0 Å². The fourth-order valence-corrected chi connectivity index (χ4v) is 5.69. The summed E-state index contributed by atoms with van der Waals surface area (Å²) in [7, 11) is 0. The first-order chi connectivity index (χ1) is 19.4. The molecule has 0 amide bonds. The lowest BCUT2D eigenvalue weighted by Gasteiger charge is -2.13. The summed E-state index contributed by atoms with van der Waals surface area (Å²) in [4.78, 5) is 0. The van der Waals surface area contributed by atoms with Crippen molar-refractivity contribution in [2.75, 3.05) is 0 Å². The van der Waals surface area contributed by atoms with Gasteiger partial charge in [0.1, 0.15) is 0 Å². The minimum absolute atomic E-state index is 1.18. The first-order valence-corrected chi connectivity index (χ1v) is 13.4. The third kappa shape index (κ3) is 4.15. The highest BCUT2D eigenvalue weighted by molar-refractivity contribution is 6.13. The number of para-hydroxylation sites is 2. The van der Waals surface area contributed by atoms with Crippen molar-refractivity contribution < 1.29 is 0 Å². The molecule has 8 aromatic rings. The monoisotopic (exact) mass is 497 g/mol. The number of aromatic nitrogens is 1. The van der Waals surface area contributed by atoms with E-state index in [1.54, 1.807) is 0 Å². The van der Waals surface area contributed by atoms with Gasteiger partial charge in [0.25, 0.3) is 0 Å². The van der Waals surface area contributed by atoms with Crippen LogP contribution in [0.25, 0.3) is 60.2 Å². The zero-order valence-corrected chi connectivity index (χ0v) is 21.5. The molecule has 1 nitrogen and oxygen atoms in total. The first-order valence-electron chi connectivity index (χ1n) is 13.4. The standard InChI is InChI=1S/C32H21N.C6H6/c1-3-11-26-23(9-1)21-24-10-2-4-12-27(24)32(26)22-17-19-25(20-18-22)33-30-15-7-5-13-28(30)29-14-6-8-16-31(29)33;1-2-4-6-5-3-1/h1-21H;1-6H. The third-order valence-corrected chi connectivity index (χ3v) is 7.43. The molecule has 0 aliphatic rings. The smallest absolute Gasteiger partial charge is 0.0541 e. The van der Waals surface area contributed by atoms with Gasteiger partial charge in [0, 0.05) is 16.5 Å². The Kier molecular flexibility index (Phi) is 5.88. The van der Waals surface area contributed by atoms with Crippen molar-refractivity contribution in [2.45, 2.75) is 0 Å². The Morgan fingerprint density at radius 3 is 1.23 bits per heavy atom. The average molecular weight is 498 g/mol. The van der Waals surface area contributed by atoms with Gasteiger partial charge in [0.15, 0.2) is 0 Å². The lowest BCUT2D eigenvalue weighted by Crippen LogP contribution is -1.94. The van der Waals surface area contributed by atoms with E-state index in [-0.39, 0.29) is 0 Å². The number of hydrogen-bond acceptors (Lipinski definition) is 0. The molecule has 39 heavy (non-hydrogen) atoms. The zero-order valence-electron chi connectivity index (χ0n) is 21.5. The van der Waals surface area contributed by atoms with E-state index in [9.17, 15) is 0 Å². The van der Waals surface area contributed by atoms with Crippen LogP contribution >= 0.6 is 0 Å². The van der Waals surface area contributed by atoms with Gasteiger partial charge < -0.3 is 4.57 Å². The Morgan fingerprint density at radius 2 is 0.744 bits per heavy atom. The van der Waals surface area contributed by atoms with E-state index in [0.717, 1.165) is 0 Å². The normalized spacial score (nSPS) is 11.1. The largest absolute Gasteiger partial charge is 0.309 e. The van der Waals surface area contributed by atoms with E-state index in [0.29, 0.717) is 0 Å². The SMILES string of the molecule is c1ccc2c(-c3ccc(-n4c5ccccc5c5ccccc54)cc3)c3ccccc3cc2c1.c1ccccc1. The van der Waals surface area contributed by atoms with E-state index >= 15 is 0 Å². The average Bonchev–Trinajstić information content (AvgIpc) is 3.36. The Morgan fingerprint density at radius 1 is 0.333 bits per heavy atom. The van der Waals surface area contributed by atoms with Crippen molar-refractivity contribution in [1.82, 2.24) is 4.57 Å². The van der Waals surface area contributed by atoms with E-state index < -0.39 is 0 Å². The minimum Gasteiger partial charge on any atom is -0.309 e. The maximum absolute atomic E-state index is 2.37. The van der Waals surface area contributed by atoms with Crippen molar-refractivity contribution in [3.05, 3.63) is 164 Å². The molecule has 1 heteroatoms. The second kappa shape index (κ2) is 9.96. The Hall–Kier alpha value is -5.14. The van der Waals surface area contributed by atoms with Gasteiger partial charge in [-0.3, -0.25) is 0 Å². The summed E-state index contributed by atoms with van der Waals surface area (Å²) in [6.07, 6.45) is 0. The van der Waals surface area contributed by atoms with Crippen LogP contribution in [0, 0.1) is 0 Å². The quantitative estimate of drug-likeness (QED) is 0.209. The fraction of sp³-hybridized carbons (Fsp3) is 0. The van der Waals surface area contributed by atoms with E-state index in [1.165, 1.54) is 60.2 Å². The molecule has 0 spiro atoms. The maximum atomic E-state index is 2.37. The molecule has 7 aromatic carbocycles. The highest BCUT2D eigenvalue weighted by Crippen LogP contribution is 2.37. The predicted octanol–water partition coefficient (Wildman–Crippen LogP) is 10.4. The second-order valence-electron chi connectivity index (χ2n) is 9.77. The van der Waals surface area contributed by atoms with Crippen LogP contribution in [0.15, 0.2) is 164 Å². The second-order valence-corrected chi connectivity index (χ2v) is 9.77. The molecule has 0 atom stereocenters. The number of benzene rings is 7. The molecule has 8 rings (SSSR count).